The molecular formula is C16H23N3O3. The average Bonchev–Trinajstić information content (AvgIpc) is 2.78. The van der Waals surface area contributed by atoms with Gasteiger partial charge in [0.05, 0.1) is 24.0 Å². The second kappa shape index (κ2) is 6.68. The predicted molar refractivity (Wildman–Crippen MR) is 85.1 cm³/mol. The van der Waals surface area contributed by atoms with Crippen LogP contribution in [0.2, 0.25) is 0 Å². The zero-order chi connectivity index (χ0) is 16.2. The van der Waals surface area contributed by atoms with Crippen LogP contribution in [0.3, 0.4) is 0 Å². The Hall–Kier alpha value is -2.24. The Morgan fingerprint density at radius 1 is 1.36 bits per heavy atom. The van der Waals surface area contributed by atoms with Crippen LogP contribution in [0.25, 0.3) is 11.0 Å². The molecule has 0 spiro atoms. The van der Waals surface area contributed by atoms with Crippen molar-refractivity contribution in [2.75, 3.05) is 13.2 Å². The fraction of sp³-hybridized carbons (Fsp3) is 0.500. The van der Waals surface area contributed by atoms with E-state index < -0.39 is 11.7 Å². The average molecular weight is 305 g/mol. The van der Waals surface area contributed by atoms with E-state index in [0.717, 1.165) is 16.8 Å². The molecule has 0 unspecified atom stereocenters. The van der Waals surface area contributed by atoms with Gasteiger partial charge in [-0.25, -0.2) is 9.78 Å². The molecule has 2 aromatic rings. The predicted octanol–water partition coefficient (Wildman–Crippen LogP) is 2.87. The van der Waals surface area contributed by atoms with Crippen molar-refractivity contribution in [2.24, 2.45) is 7.05 Å². The van der Waals surface area contributed by atoms with Crippen molar-refractivity contribution in [2.45, 2.75) is 32.8 Å². The second-order valence-electron chi connectivity index (χ2n) is 6.14. The number of fused-ring (bicyclic) bond motifs is 1. The Morgan fingerprint density at radius 2 is 2.14 bits per heavy atom. The molecule has 0 saturated heterocycles. The van der Waals surface area contributed by atoms with Crippen LogP contribution in [0.1, 0.15) is 27.2 Å². The first-order chi connectivity index (χ1) is 10.3. The lowest BCUT2D eigenvalue weighted by atomic mass is 10.2. The molecule has 0 atom stereocenters. The number of hydrogen-bond acceptors (Lipinski definition) is 4. The first kappa shape index (κ1) is 16.1. The van der Waals surface area contributed by atoms with Crippen LogP contribution in [0.4, 0.5) is 4.79 Å². The molecule has 6 heteroatoms. The minimum Gasteiger partial charge on any atom is -0.493 e. The van der Waals surface area contributed by atoms with Gasteiger partial charge in [0.2, 0.25) is 0 Å². The molecule has 120 valence electrons. The van der Waals surface area contributed by atoms with E-state index >= 15 is 0 Å². The number of rotatable bonds is 5. The van der Waals surface area contributed by atoms with Crippen LogP contribution in [0.5, 0.6) is 5.75 Å². The molecular weight excluding hydrogens is 282 g/mol. The van der Waals surface area contributed by atoms with Gasteiger partial charge in [-0.05, 0) is 39.3 Å². The third kappa shape index (κ3) is 4.65. The number of carbonyl (C=O) groups excluding carboxylic acids is 1. The molecule has 1 N–H and O–H groups in total. The van der Waals surface area contributed by atoms with Gasteiger partial charge in [0, 0.05) is 19.7 Å². The van der Waals surface area contributed by atoms with Gasteiger partial charge in [-0.2, -0.15) is 0 Å². The Kier molecular flexibility index (Phi) is 4.90. The highest BCUT2D eigenvalue weighted by atomic mass is 16.6. The van der Waals surface area contributed by atoms with Crippen molar-refractivity contribution in [3.63, 3.8) is 0 Å². The third-order valence-electron chi connectivity index (χ3n) is 2.95. The molecule has 0 aliphatic heterocycles. The van der Waals surface area contributed by atoms with E-state index in [1.807, 2.05) is 50.6 Å². The molecule has 1 aromatic heterocycles. The summed E-state index contributed by atoms with van der Waals surface area (Å²) < 4.78 is 12.8. The number of hydrogen-bond donors (Lipinski definition) is 1. The van der Waals surface area contributed by atoms with Crippen LogP contribution in [0, 0.1) is 0 Å². The van der Waals surface area contributed by atoms with Crippen LogP contribution < -0.4 is 10.1 Å². The standard InChI is InChI=1S/C16H23N3O3/c1-16(2,3)22-15(20)17-8-5-9-21-12-6-7-13-14(10-12)19(4)11-18-13/h6-7,10-11H,5,8-9H2,1-4H3,(H,17,20). The van der Waals surface area contributed by atoms with Crippen molar-refractivity contribution < 1.29 is 14.3 Å². The minimum absolute atomic E-state index is 0.399. The van der Waals surface area contributed by atoms with E-state index in [1.54, 1.807) is 6.33 Å². The van der Waals surface area contributed by atoms with Gasteiger partial charge in [0.15, 0.2) is 0 Å². The number of amides is 1. The number of ether oxygens (including phenoxy) is 2. The van der Waals surface area contributed by atoms with E-state index in [4.69, 9.17) is 9.47 Å². The fourth-order valence-electron chi connectivity index (χ4n) is 1.96. The van der Waals surface area contributed by atoms with Gasteiger partial charge in [0.25, 0.3) is 0 Å². The zero-order valence-corrected chi connectivity index (χ0v) is 13.5. The maximum Gasteiger partial charge on any atom is 0.407 e. The maximum absolute atomic E-state index is 11.5. The highest BCUT2D eigenvalue weighted by molar-refractivity contribution is 5.76. The number of nitrogens with zero attached hydrogens (tertiary/aromatic N) is 2. The molecule has 2 rings (SSSR count). The van der Waals surface area contributed by atoms with Gasteiger partial charge in [-0.3, -0.25) is 0 Å². The summed E-state index contributed by atoms with van der Waals surface area (Å²) in [5, 5.41) is 2.70. The van der Waals surface area contributed by atoms with Gasteiger partial charge in [-0.1, -0.05) is 0 Å². The van der Waals surface area contributed by atoms with Gasteiger partial charge in [0.1, 0.15) is 11.4 Å². The fourth-order valence-corrected chi connectivity index (χ4v) is 1.96. The summed E-state index contributed by atoms with van der Waals surface area (Å²) in [5.41, 5.74) is 1.50. The molecule has 0 aliphatic rings. The lowest BCUT2D eigenvalue weighted by Gasteiger charge is -2.19. The lowest BCUT2D eigenvalue weighted by Crippen LogP contribution is -2.33. The summed E-state index contributed by atoms with van der Waals surface area (Å²) in [5.74, 6) is 0.799. The van der Waals surface area contributed by atoms with Gasteiger partial charge >= 0.3 is 6.09 Å². The van der Waals surface area contributed by atoms with Crippen molar-refractivity contribution >= 4 is 17.1 Å². The van der Waals surface area contributed by atoms with Crippen molar-refractivity contribution in [3.05, 3.63) is 24.5 Å². The van der Waals surface area contributed by atoms with Gasteiger partial charge in [-0.15, -0.1) is 0 Å². The van der Waals surface area contributed by atoms with Crippen molar-refractivity contribution in [1.29, 1.82) is 0 Å². The molecule has 0 aliphatic carbocycles. The van der Waals surface area contributed by atoms with E-state index in [-0.39, 0.29) is 0 Å². The van der Waals surface area contributed by atoms with E-state index in [1.165, 1.54) is 0 Å². The van der Waals surface area contributed by atoms with Crippen LogP contribution >= 0.6 is 0 Å². The molecule has 6 nitrogen and oxygen atoms in total. The number of nitrogens with one attached hydrogen (secondary N) is 1. The Bertz CT molecular complexity index is 644. The molecule has 1 heterocycles. The smallest absolute Gasteiger partial charge is 0.407 e. The monoisotopic (exact) mass is 305 g/mol. The van der Waals surface area contributed by atoms with E-state index in [9.17, 15) is 4.79 Å². The summed E-state index contributed by atoms with van der Waals surface area (Å²) in [6.45, 7) is 6.56. The Balaban J connectivity index is 1.72. The summed E-state index contributed by atoms with van der Waals surface area (Å²) >= 11 is 0. The summed E-state index contributed by atoms with van der Waals surface area (Å²) in [7, 11) is 1.95. The first-order valence-electron chi connectivity index (χ1n) is 7.36. The topological polar surface area (TPSA) is 65.4 Å². The van der Waals surface area contributed by atoms with Crippen LogP contribution in [0.15, 0.2) is 24.5 Å². The Labute approximate surface area is 130 Å². The summed E-state index contributed by atoms with van der Waals surface area (Å²) in [6.07, 6.45) is 2.09. The van der Waals surface area contributed by atoms with E-state index in [0.29, 0.717) is 19.6 Å². The number of carbonyl (C=O) groups is 1. The molecule has 22 heavy (non-hydrogen) atoms. The largest absolute Gasteiger partial charge is 0.493 e. The molecule has 0 saturated carbocycles. The third-order valence-corrected chi connectivity index (χ3v) is 2.95. The molecule has 0 radical (unpaired) electrons. The number of benzene rings is 1. The van der Waals surface area contributed by atoms with Crippen molar-refractivity contribution in [3.8, 4) is 5.75 Å². The lowest BCUT2D eigenvalue weighted by molar-refractivity contribution is 0.0525. The van der Waals surface area contributed by atoms with Gasteiger partial charge < -0.3 is 19.4 Å². The number of imidazole rings is 1. The zero-order valence-electron chi connectivity index (χ0n) is 13.5. The molecule has 0 fully saturated rings. The SMILES string of the molecule is Cn1cnc2ccc(OCCCNC(=O)OC(C)(C)C)cc21. The second-order valence-corrected chi connectivity index (χ2v) is 6.14. The highest BCUT2D eigenvalue weighted by Crippen LogP contribution is 2.19. The molecule has 0 bridgehead atoms. The normalized spacial score (nSPS) is 11.5. The maximum atomic E-state index is 11.5. The summed E-state index contributed by atoms with van der Waals surface area (Å²) in [4.78, 5) is 15.7. The first-order valence-corrected chi connectivity index (χ1v) is 7.36. The number of alkyl carbamates (subject to hydrolysis) is 1. The number of aryl methyl sites for hydroxylation is 1. The molecule has 1 amide bonds. The van der Waals surface area contributed by atoms with E-state index in [2.05, 4.69) is 10.3 Å². The van der Waals surface area contributed by atoms with Crippen LogP contribution in [-0.4, -0.2) is 34.4 Å². The van der Waals surface area contributed by atoms with Crippen molar-refractivity contribution in [1.82, 2.24) is 14.9 Å². The Morgan fingerprint density at radius 3 is 2.86 bits per heavy atom. The quantitative estimate of drug-likeness (QED) is 0.863. The molecule has 1 aromatic carbocycles. The highest BCUT2D eigenvalue weighted by Gasteiger charge is 2.15. The summed E-state index contributed by atoms with van der Waals surface area (Å²) in [6, 6.07) is 5.80. The van der Waals surface area contributed by atoms with Crippen LogP contribution in [-0.2, 0) is 11.8 Å². The number of aromatic nitrogens is 2. The minimum atomic E-state index is -0.473.